The summed E-state index contributed by atoms with van der Waals surface area (Å²) in [7, 11) is 0. The van der Waals surface area contributed by atoms with E-state index in [1.807, 2.05) is 4.90 Å². The minimum atomic E-state index is -0.867. The van der Waals surface area contributed by atoms with E-state index in [2.05, 4.69) is 10.2 Å². The normalized spacial score (nSPS) is 37.9. The molecule has 0 aromatic heterocycles. The molecule has 4 fully saturated rings. The number of likely N-dealkylation sites (tertiary alicyclic amines) is 2. The summed E-state index contributed by atoms with van der Waals surface area (Å²) in [5.74, 6) is 1.35. The average Bonchev–Trinajstić information content (AvgIpc) is 3.08. The van der Waals surface area contributed by atoms with Crippen molar-refractivity contribution in [2.45, 2.75) is 82.1 Å². The minimum absolute atomic E-state index is 0.0185. The van der Waals surface area contributed by atoms with E-state index in [9.17, 15) is 4.79 Å². The summed E-state index contributed by atoms with van der Waals surface area (Å²) < 4.78 is 15.6. The molecule has 1 amide bonds. The topological polar surface area (TPSA) is 61.6 Å². The number of hydrogen-bond donors (Lipinski definition) is 2. The predicted molar refractivity (Wildman–Crippen MR) is 105 cm³/mol. The lowest BCUT2D eigenvalue weighted by Gasteiger charge is -2.48. The van der Waals surface area contributed by atoms with Gasteiger partial charge in [0.2, 0.25) is 5.91 Å². The highest BCUT2D eigenvalue weighted by molar-refractivity contribution is 5.78. The quantitative estimate of drug-likeness (QED) is 0.782. The summed E-state index contributed by atoms with van der Waals surface area (Å²) in [6.07, 6.45) is 9.08. The number of alkyl halides is 1. The fourth-order valence-corrected chi connectivity index (χ4v) is 5.99. The molecule has 4 unspecified atom stereocenters. The Morgan fingerprint density at radius 2 is 1.78 bits per heavy atom. The third kappa shape index (κ3) is 4.33. The molecule has 0 spiro atoms. The maximum absolute atomic E-state index is 15.6. The van der Waals surface area contributed by atoms with Crippen molar-refractivity contribution < 1.29 is 9.18 Å². The summed E-state index contributed by atoms with van der Waals surface area (Å²) in [4.78, 5) is 16.2. The number of carbonyl (C=O) groups excluding carboxylic acids is 1. The molecular weight excluding hydrogens is 343 g/mol. The third-order valence-electron chi connectivity index (χ3n) is 7.58. The summed E-state index contributed by atoms with van der Waals surface area (Å²) in [5.41, 5.74) is 6.38. The van der Waals surface area contributed by atoms with Gasteiger partial charge < -0.3 is 16.0 Å². The minimum Gasteiger partial charge on any atom is -0.342 e. The van der Waals surface area contributed by atoms with E-state index in [4.69, 9.17) is 5.73 Å². The number of halogens is 1. The van der Waals surface area contributed by atoms with E-state index in [0.29, 0.717) is 17.7 Å². The van der Waals surface area contributed by atoms with Crippen molar-refractivity contribution >= 4 is 5.91 Å². The first-order chi connectivity index (χ1) is 13.1. The molecule has 3 heterocycles. The Kier molecular flexibility index (Phi) is 6.35. The van der Waals surface area contributed by atoms with Gasteiger partial charge in [0.05, 0.1) is 6.04 Å². The van der Waals surface area contributed by atoms with Crippen LogP contribution in [0.3, 0.4) is 0 Å². The molecule has 3 saturated heterocycles. The van der Waals surface area contributed by atoms with Crippen LogP contribution in [-0.2, 0) is 4.79 Å². The second-order valence-electron chi connectivity index (χ2n) is 9.35. The molecule has 5 nitrogen and oxygen atoms in total. The van der Waals surface area contributed by atoms with Crippen molar-refractivity contribution in [3.63, 3.8) is 0 Å². The van der Waals surface area contributed by atoms with E-state index in [1.54, 1.807) is 0 Å². The molecule has 1 saturated carbocycles. The predicted octanol–water partition coefficient (Wildman–Crippen LogP) is 1.91. The Hall–Kier alpha value is -0.720. The molecule has 1 aliphatic carbocycles. The van der Waals surface area contributed by atoms with Gasteiger partial charge in [-0.3, -0.25) is 9.69 Å². The lowest BCUT2D eigenvalue weighted by Crippen LogP contribution is -2.68. The third-order valence-corrected chi connectivity index (χ3v) is 7.58. The van der Waals surface area contributed by atoms with E-state index >= 15 is 4.39 Å². The van der Waals surface area contributed by atoms with Gasteiger partial charge >= 0.3 is 0 Å². The van der Waals surface area contributed by atoms with Crippen LogP contribution in [0, 0.1) is 11.8 Å². The highest BCUT2D eigenvalue weighted by Crippen LogP contribution is 2.34. The maximum atomic E-state index is 15.6. The zero-order valence-electron chi connectivity index (χ0n) is 16.6. The van der Waals surface area contributed by atoms with Crippen molar-refractivity contribution in [1.29, 1.82) is 0 Å². The first-order valence-corrected chi connectivity index (χ1v) is 11.3. The molecule has 0 radical (unpaired) electrons. The molecule has 0 bridgehead atoms. The zero-order chi connectivity index (χ0) is 18.8. The number of rotatable bonds is 4. The Bertz CT molecular complexity index is 504. The Morgan fingerprint density at radius 3 is 2.44 bits per heavy atom. The second-order valence-corrected chi connectivity index (χ2v) is 9.35. The average molecular weight is 381 g/mol. The van der Waals surface area contributed by atoms with Crippen LogP contribution in [0.1, 0.15) is 57.8 Å². The molecule has 4 atom stereocenters. The van der Waals surface area contributed by atoms with Gasteiger partial charge in [0, 0.05) is 38.1 Å². The lowest BCUT2D eigenvalue weighted by molar-refractivity contribution is -0.128. The van der Waals surface area contributed by atoms with Crippen LogP contribution in [0.5, 0.6) is 0 Å². The van der Waals surface area contributed by atoms with Gasteiger partial charge in [-0.15, -0.1) is 0 Å². The summed E-state index contributed by atoms with van der Waals surface area (Å²) in [6, 6.07) is -0.292. The Labute approximate surface area is 163 Å². The lowest BCUT2D eigenvalue weighted by atomic mass is 9.77. The van der Waals surface area contributed by atoms with Crippen molar-refractivity contribution in [3.8, 4) is 0 Å². The van der Waals surface area contributed by atoms with Crippen molar-refractivity contribution in [3.05, 3.63) is 0 Å². The van der Waals surface area contributed by atoms with Crippen LogP contribution in [0.25, 0.3) is 0 Å². The van der Waals surface area contributed by atoms with E-state index < -0.39 is 6.17 Å². The summed E-state index contributed by atoms with van der Waals surface area (Å²) >= 11 is 0. The highest BCUT2D eigenvalue weighted by Gasteiger charge is 2.45. The van der Waals surface area contributed by atoms with Gasteiger partial charge in [-0.25, -0.2) is 4.39 Å². The fraction of sp³-hybridized carbons (Fsp3) is 0.952. The zero-order valence-corrected chi connectivity index (χ0v) is 16.6. The molecular formula is C21H37FN4O. The van der Waals surface area contributed by atoms with Gasteiger partial charge in [-0.05, 0) is 57.0 Å². The standard InChI is InChI=1S/C21H37FN4O/c22-19-20(16-5-2-1-3-6-16)24-13-17(23)21(19)25-11-8-15(9-12-25)14-26-10-4-7-18(26)27/h15-17,19-21,24H,1-14,23H2. The van der Waals surface area contributed by atoms with E-state index in [0.717, 1.165) is 71.2 Å². The van der Waals surface area contributed by atoms with Crippen molar-refractivity contribution in [2.75, 3.05) is 32.7 Å². The second kappa shape index (κ2) is 8.75. The van der Waals surface area contributed by atoms with Crippen LogP contribution < -0.4 is 11.1 Å². The van der Waals surface area contributed by atoms with Gasteiger partial charge in [0.1, 0.15) is 6.17 Å². The molecule has 27 heavy (non-hydrogen) atoms. The van der Waals surface area contributed by atoms with Gasteiger partial charge in [-0.1, -0.05) is 19.3 Å². The van der Waals surface area contributed by atoms with Gasteiger partial charge in [0.25, 0.3) is 0 Å². The van der Waals surface area contributed by atoms with Crippen molar-refractivity contribution in [1.82, 2.24) is 15.1 Å². The largest absolute Gasteiger partial charge is 0.342 e. The Morgan fingerprint density at radius 1 is 1.04 bits per heavy atom. The van der Waals surface area contributed by atoms with Crippen LogP contribution in [0.4, 0.5) is 4.39 Å². The maximum Gasteiger partial charge on any atom is 0.222 e. The molecule has 6 heteroatoms. The SMILES string of the molecule is NC1CNC(C2CCCCC2)C(F)C1N1CCC(CN2CCCC2=O)CC1. The van der Waals surface area contributed by atoms with Crippen LogP contribution in [0.2, 0.25) is 0 Å². The van der Waals surface area contributed by atoms with Crippen LogP contribution in [-0.4, -0.2) is 72.7 Å². The van der Waals surface area contributed by atoms with Gasteiger partial charge in [0.15, 0.2) is 0 Å². The van der Waals surface area contributed by atoms with E-state index in [1.165, 1.54) is 19.3 Å². The number of hydrogen-bond acceptors (Lipinski definition) is 4. The molecule has 0 aromatic carbocycles. The molecule has 3 aliphatic heterocycles. The van der Waals surface area contributed by atoms with E-state index in [-0.39, 0.29) is 18.1 Å². The number of nitrogens with zero attached hydrogens (tertiary/aromatic N) is 2. The van der Waals surface area contributed by atoms with Crippen molar-refractivity contribution in [2.24, 2.45) is 17.6 Å². The summed E-state index contributed by atoms with van der Waals surface area (Å²) in [5, 5.41) is 3.45. The summed E-state index contributed by atoms with van der Waals surface area (Å²) in [6.45, 7) is 4.39. The van der Waals surface area contributed by atoms with Crippen LogP contribution in [0.15, 0.2) is 0 Å². The molecule has 0 aromatic rings. The Balaban J connectivity index is 1.32. The molecule has 4 aliphatic rings. The number of piperidine rings is 2. The van der Waals surface area contributed by atoms with Gasteiger partial charge in [-0.2, -0.15) is 0 Å². The highest BCUT2D eigenvalue weighted by atomic mass is 19.1. The first-order valence-electron chi connectivity index (χ1n) is 11.3. The number of amides is 1. The number of nitrogens with one attached hydrogen (secondary N) is 1. The number of nitrogens with two attached hydrogens (primary N) is 1. The molecule has 154 valence electrons. The first kappa shape index (κ1) is 19.6. The number of carbonyl (C=O) groups is 1. The monoisotopic (exact) mass is 380 g/mol. The van der Waals surface area contributed by atoms with Crippen LogP contribution >= 0.6 is 0 Å². The fourth-order valence-electron chi connectivity index (χ4n) is 5.99. The molecule has 4 rings (SSSR count). The molecule has 3 N–H and O–H groups in total. The smallest absolute Gasteiger partial charge is 0.222 e.